The molecule has 7 aromatic heterocycles. The number of esters is 1. The molecule has 0 radical (unpaired) electrons. The minimum atomic E-state index is -5.90. The van der Waals surface area contributed by atoms with Crippen molar-refractivity contribution < 1.29 is 85.3 Å². The number of fused-ring (bicyclic) bond motifs is 2. The molecule has 8 aromatic rings. The second-order valence-corrected chi connectivity index (χ2v) is 25.0. The Bertz CT molecular complexity index is 4130. The lowest BCUT2D eigenvalue weighted by atomic mass is 9.98. The van der Waals surface area contributed by atoms with E-state index < -0.39 is 59.8 Å². The van der Waals surface area contributed by atoms with Crippen molar-refractivity contribution in [2.24, 2.45) is 35.2 Å². The average molecular weight is 1510 g/mol. The van der Waals surface area contributed by atoms with E-state index in [1.165, 1.54) is 25.0 Å². The van der Waals surface area contributed by atoms with Crippen molar-refractivity contribution in [2.75, 3.05) is 25.1 Å². The highest BCUT2D eigenvalue weighted by Crippen LogP contribution is 2.45. The van der Waals surface area contributed by atoms with Crippen LogP contribution in [0.4, 0.5) is 32.6 Å². The Kier molecular flexibility index (Phi) is 34.8. The summed E-state index contributed by atoms with van der Waals surface area (Å²) in [6, 6.07) is 7.63. The van der Waals surface area contributed by atoms with E-state index >= 15 is 0 Å². The predicted molar refractivity (Wildman–Crippen MR) is 381 cm³/mol. The number of aromatic nitrogens is 13. The molecule has 27 nitrogen and oxygen atoms in total. The molecule has 0 saturated heterocycles. The van der Waals surface area contributed by atoms with Gasteiger partial charge in [0.05, 0.1) is 35.5 Å². The standard InChI is InChI=1S/C20H26N2O6.C11H13F5N2O2.C11H15N3.C10H15N3O2.C9H13ClN2O2.C9H15ClN2O/c1-4-25-19-21-16-12-8-11-15(17(16)22(19)3)18(23)26-13(2)27-20(24)28-14-9-6-5-7-10-14;1-3-4-5-6-17-8(7(9(19)20)18(6)2)10(12,13)11(14,15)16;1-5-9-13-10-7(2)6-8(3)12-11(10)14(9)4;1-3-4-5-13(2)9-8(10(14)15)6-11-7-12-9;1-3-4-5-6-11-8(10)7(9(13)14)12(6)2;1-3-4-5-8-11-9(10)7(6-13)12(8)2/h8,11-14H,4-7,9-10H2,1-3H3;3-5H2,1-2H3,(H,19,20);6H,5H2,1-4H3;6-7H,3-5H2,1-2H3,(H,14,15);3-5H2,1-2H3,(H,13,14);13H,3-6H2,1-2H3. The van der Waals surface area contributed by atoms with E-state index in [0.29, 0.717) is 58.7 Å². The van der Waals surface area contributed by atoms with E-state index in [-0.39, 0.29) is 41.4 Å². The topological polar surface area (TPSA) is 334 Å². The summed E-state index contributed by atoms with van der Waals surface area (Å²) in [7, 11) is 10.3. The minimum absolute atomic E-state index is 0.0472. The Morgan fingerprint density at radius 3 is 1.76 bits per heavy atom. The zero-order valence-corrected chi connectivity index (χ0v) is 63.1. The Morgan fingerprint density at radius 2 is 1.24 bits per heavy atom. The maximum atomic E-state index is 13.3. The number of aryl methyl sites for hydroxylation is 8. The summed E-state index contributed by atoms with van der Waals surface area (Å²) < 4.78 is 92.8. The van der Waals surface area contributed by atoms with E-state index in [1.807, 2.05) is 44.5 Å². The molecule has 104 heavy (non-hydrogen) atoms. The SMILES string of the molecule is CCCCN(C)c1ncncc1C(=O)O.CCCCc1nc(C(F)(F)C(F)(F)F)c(C(=O)O)n1C.CCCCc1nc(Cl)c(C(=O)O)n1C.CCCCc1nc(Cl)c(CO)n1C.CCOc1nc2cccc(C(=O)OC(C)OC(=O)OC3CCCCC3)c2n1C.CCc1nc2c(C)cc(C)nc2n1C. The lowest BCUT2D eigenvalue weighted by Gasteiger charge is -2.22. The molecule has 0 aliphatic heterocycles. The fraction of sp³-hybridized carbons (Fsp3) is 0.557. The summed E-state index contributed by atoms with van der Waals surface area (Å²) in [5.41, 5.74) is 3.84. The van der Waals surface area contributed by atoms with Crippen molar-refractivity contribution >= 4 is 81.2 Å². The third-order valence-corrected chi connectivity index (χ3v) is 17.0. The van der Waals surface area contributed by atoms with Crippen LogP contribution in [0.15, 0.2) is 36.8 Å². The summed E-state index contributed by atoms with van der Waals surface area (Å²) in [4.78, 5) is 91.6. The predicted octanol–water partition coefficient (Wildman–Crippen LogP) is 14.7. The molecule has 0 bridgehead atoms. The molecule has 0 spiro atoms. The van der Waals surface area contributed by atoms with Crippen LogP contribution in [0, 0.1) is 13.8 Å². The molecule has 34 heteroatoms. The summed E-state index contributed by atoms with van der Waals surface area (Å²) in [6.07, 6.45) is 10.0. The summed E-state index contributed by atoms with van der Waals surface area (Å²) in [5, 5.41) is 36.1. The molecular formula is C70H97Cl2F5N14O13. The van der Waals surface area contributed by atoms with Gasteiger partial charge in [0.15, 0.2) is 33.0 Å². The Balaban J connectivity index is 0.000000271. The Morgan fingerprint density at radius 1 is 0.673 bits per heavy atom. The van der Waals surface area contributed by atoms with Gasteiger partial charge in [-0.15, -0.1) is 0 Å². The van der Waals surface area contributed by atoms with Crippen molar-refractivity contribution in [1.82, 2.24) is 62.7 Å². The van der Waals surface area contributed by atoms with Crippen LogP contribution >= 0.6 is 23.2 Å². The maximum Gasteiger partial charge on any atom is 0.511 e. The number of carbonyl (C=O) groups excluding carboxylic acids is 2. The molecular weight excluding hydrogens is 1410 g/mol. The van der Waals surface area contributed by atoms with E-state index in [9.17, 15) is 45.9 Å². The molecule has 1 atom stereocenters. The number of imidazole rings is 5. The van der Waals surface area contributed by atoms with Crippen LogP contribution in [0.25, 0.3) is 22.2 Å². The summed E-state index contributed by atoms with van der Waals surface area (Å²) in [5.74, 6) is -6.67. The lowest BCUT2D eigenvalue weighted by molar-refractivity contribution is -0.291. The molecule has 1 aliphatic carbocycles. The molecule has 1 aromatic carbocycles. The van der Waals surface area contributed by atoms with Gasteiger partial charge in [0.25, 0.3) is 6.01 Å². The first-order valence-electron chi connectivity index (χ1n) is 34.3. The quantitative estimate of drug-likeness (QED) is 0.0235. The van der Waals surface area contributed by atoms with Crippen LogP contribution in [-0.4, -0.2) is 152 Å². The fourth-order valence-electron chi connectivity index (χ4n) is 10.8. The van der Waals surface area contributed by atoms with Crippen LogP contribution in [0.5, 0.6) is 6.01 Å². The first-order chi connectivity index (χ1) is 49.1. The highest BCUT2D eigenvalue weighted by atomic mass is 35.5. The number of aliphatic hydroxyl groups is 1. The average Bonchev–Trinajstić information content (AvgIpc) is 1.62. The number of carbonyl (C=O) groups is 5. The first-order valence-corrected chi connectivity index (χ1v) is 35.1. The van der Waals surface area contributed by atoms with Gasteiger partial charge in [-0.1, -0.05) is 96.0 Å². The minimum Gasteiger partial charge on any atom is -0.477 e. The summed E-state index contributed by atoms with van der Waals surface area (Å²) in [6.45, 7) is 18.9. The number of nitrogens with zero attached hydrogens (tertiary/aromatic N) is 14. The number of ether oxygens (including phenoxy) is 4. The number of halogens is 7. The number of carboxylic acids is 3. The third kappa shape index (κ3) is 23.7. The number of para-hydroxylation sites is 1. The number of unbranched alkanes of at least 4 members (excludes halogenated alkanes) is 4. The number of pyridine rings is 1. The van der Waals surface area contributed by atoms with Gasteiger partial charge >= 0.3 is 42.1 Å². The normalized spacial score (nSPS) is 12.4. The number of benzene rings is 1. The van der Waals surface area contributed by atoms with Crippen molar-refractivity contribution in [2.45, 2.75) is 203 Å². The van der Waals surface area contributed by atoms with Crippen molar-refractivity contribution in [3.63, 3.8) is 0 Å². The largest absolute Gasteiger partial charge is 0.511 e. The van der Waals surface area contributed by atoms with E-state index in [1.54, 1.807) is 48.4 Å². The van der Waals surface area contributed by atoms with Gasteiger partial charge in [0.2, 0.25) is 6.29 Å². The van der Waals surface area contributed by atoms with Gasteiger partial charge < -0.3 is 62.5 Å². The smallest absolute Gasteiger partial charge is 0.477 e. The van der Waals surface area contributed by atoms with Gasteiger partial charge in [0.1, 0.15) is 52.6 Å². The highest BCUT2D eigenvalue weighted by Gasteiger charge is 2.62. The highest BCUT2D eigenvalue weighted by molar-refractivity contribution is 6.32. The van der Waals surface area contributed by atoms with Crippen LogP contribution in [0.1, 0.15) is 220 Å². The molecule has 4 N–H and O–H groups in total. The number of hydrogen-bond donors (Lipinski definition) is 4. The summed E-state index contributed by atoms with van der Waals surface area (Å²) >= 11 is 11.5. The molecule has 0 amide bonds. The van der Waals surface area contributed by atoms with Crippen LogP contribution < -0.4 is 9.64 Å². The number of carboxylic acid groups (broad SMARTS) is 3. The van der Waals surface area contributed by atoms with Gasteiger partial charge in [-0.25, -0.2) is 58.9 Å². The molecule has 1 aliphatic rings. The molecule has 1 fully saturated rings. The lowest BCUT2D eigenvalue weighted by Crippen LogP contribution is -2.35. The van der Waals surface area contributed by atoms with E-state index in [0.717, 1.165) is 142 Å². The van der Waals surface area contributed by atoms with Crippen LogP contribution in [-0.2, 0) is 87.7 Å². The molecule has 9 rings (SSSR count). The number of anilines is 1. The Hall–Kier alpha value is -9.04. The van der Waals surface area contributed by atoms with Gasteiger partial charge in [-0.05, 0) is 95.9 Å². The van der Waals surface area contributed by atoms with Gasteiger partial charge in [0, 0.05) is 93.3 Å². The van der Waals surface area contributed by atoms with Crippen molar-refractivity contribution in [1.29, 1.82) is 0 Å². The van der Waals surface area contributed by atoms with E-state index in [4.69, 9.17) is 62.6 Å². The van der Waals surface area contributed by atoms with Gasteiger partial charge in [-0.3, -0.25) is 4.57 Å². The van der Waals surface area contributed by atoms with Gasteiger partial charge in [-0.2, -0.15) is 26.9 Å². The number of alkyl halides is 5. The van der Waals surface area contributed by atoms with Crippen LogP contribution in [0.3, 0.4) is 0 Å². The molecule has 1 unspecified atom stereocenters. The molecule has 1 saturated carbocycles. The fourth-order valence-corrected chi connectivity index (χ4v) is 11.4. The second-order valence-electron chi connectivity index (χ2n) is 24.3. The monoisotopic (exact) mass is 1510 g/mol. The first kappa shape index (κ1) is 87.4. The van der Waals surface area contributed by atoms with Crippen LogP contribution in [0.2, 0.25) is 10.3 Å². The number of rotatable bonds is 25. The van der Waals surface area contributed by atoms with E-state index in [2.05, 4.69) is 85.1 Å². The van der Waals surface area contributed by atoms with Crippen molar-refractivity contribution in [3.8, 4) is 6.01 Å². The third-order valence-electron chi connectivity index (χ3n) is 16.4. The number of aliphatic hydroxyl groups excluding tert-OH is 1. The zero-order chi connectivity index (χ0) is 77.9. The number of hydrogen-bond acceptors (Lipinski definition) is 19. The second kappa shape index (κ2) is 41.5. The zero-order valence-electron chi connectivity index (χ0n) is 61.6. The molecule has 574 valence electrons. The Labute approximate surface area is 611 Å². The maximum absolute atomic E-state index is 13.3. The number of aromatic carboxylic acids is 3. The molecule has 7 heterocycles. The van der Waals surface area contributed by atoms with Crippen molar-refractivity contribution in [3.05, 3.63) is 116 Å².